The second kappa shape index (κ2) is 5.61. The standard InChI is InChI=1S/C14H14N2O2S2/c1-9-2-4-10(5-3-9)16-12(17)8-11(13(16)18)20-14-15-6-7-19-14/h2-5,11H,6-8H2,1H3/t11-/m0/s1. The van der Waals surface area contributed by atoms with Crippen LogP contribution in [0.3, 0.4) is 0 Å². The average Bonchev–Trinajstić information content (AvgIpc) is 3.02. The van der Waals surface area contributed by atoms with Crippen molar-refractivity contribution in [3.63, 3.8) is 0 Å². The van der Waals surface area contributed by atoms with Crippen LogP contribution in [0.1, 0.15) is 12.0 Å². The van der Waals surface area contributed by atoms with Crippen molar-refractivity contribution in [1.29, 1.82) is 0 Å². The molecular weight excluding hydrogens is 292 g/mol. The van der Waals surface area contributed by atoms with Gasteiger partial charge in [0.1, 0.15) is 9.63 Å². The minimum Gasteiger partial charge on any atom is -0.274 e. The lowest BCUT2D eigenvalue weighted by atomic mass is 10.2. The predicted molar refractivity (Wildman–Crippen MR) is 84.4 cm³/mol. The number of rotatable bonds is 2. The summed E-state index contributed by atoms with van der Waals surface area (Å²) in [5, 5.41) is -0.326. The lowest BCUT2D eigenvalue weighted by Gasteiger charge is -2.15. The Morgan fingerprint density at radius 3 is 2.70 bits per heavy atom. The Morgan fingerprint density at radius 2 is 2.05 bits per heavy atom. The second-order valence-electron chi connectivity index (χ2n) is 4.71. The maximum absolute atomic E-state index is 12.4. The van der Waals surface area contributed by atoms with Crippen molar-refractivity contribution in [2.24, 2.45) is 4.99 Å². The molecule has 2 aliphatic heterocycles. The number of hydrogen-bond acceptors (Lipinski definition) is 5. The van der Waals surface area contributed by atoms with Gasteiger partial charge in [0.2, 0.25) is 11.8 Å². The Bertz CT molecular complexity index is 583. The normalized spacial score (nSPS) is 22.6. The Balaban J connectivity index is 1.77. The third-order valence-electron chi connectivity index (χ3n) is 3.20. The fourth-order valence-electron chi connectivity index (χ4n) is 2.17. The summed E-state index contributed by atoms with van der Waals surface area (Å²) in [5.41, 5.74) is 1.77. The number of amides is 2. The van der Waals surface area contributed by atoms with E-state index in [1.807, 2.05) is 31.2 Å². The fourth-order valence-corrected chi connectivity index (χ4v) is 4.42. The molecule has 2 heterocycles. The van der Waals surface area contributed by atoms with Gasteiger partial charge >= 0.3 is 0 Å². The molecule has 6 heteroatoms. The van der Waals surface area contributed by atoms with Crippen LogP contribution in [0.25, 0.3) is 0 Å². The maximum Gasteiger partial charge on any atom is 0.247 e. The predicted octanol–water partition coefficient (Wildman–Crippen LogP) is 2.46. The number of imide groups is 1. The van der Waals surface area contributed by atoms with Crippen molar-refractivity contribution in [2.45, 2.75) is 18.6 Å². The quantitative estimate of drug-likeness (QED) is 0.788. The summed E-state index contributed by atoms with van der Waals surface area (Å²) in [6, 6.07) is 7.46. The number of benzene rings is 1. The van der Waals surface area contributed by atoms with E-state index in [0.717, 1.165) is 22.2 Å². The Labute approximate surface area is 126 Å². The first-order valence-corrected chi connectivity index (χ1v) is 8.29. The van der Waals surface area contributed by atoms with Gasteiger partial charge in [0, 0.05) is 12.2 Å². The molecule has 20 heavy (non-hydrogen) atoms. The monoisotopic (exact) mass is 306 g/mol. The summed E-state index contributed by atoms with van der Waals surface area (Å²) in [4.78, 5) is 30.1. The first kappa shape index (κ1) is 13.7. The number of aryl methyl sites for hydroxylation is 1. The third-order valence-corrected chi connectivity index (χ3v) is 5.59. The van der Waals surface area contributed by atoms with E-state index in [-0.39, 0.29) is 23.5 Å². The SMILES string of the molecule is Cc1ccc(N2C(=O)C[C@H](SC3=NCCS3)C2=O)cc1. The van der Waals surface area contributed by atoms with Crippen molar-refractivity contribution in [2.75, 3.05) is 17.2 Å². The molecule has 0 saturated carbocycles. The third kappa shape index (κ3) is 2.62. The van der Waals surface area contributed by atoms with E-state index in [4.69, 9.17) is 0 Å². The number of aliphatic imine (C=N–C) groups is 1. The zero-order valence-corrected chi connectivity index (χ0v) is 12.7. The van der Waals surface area contributed by atoms with Gasteiger partial charge in [0.05, 0.1) is 12.2 Å². The number of anilines is 1. The summed E-state index contributed by atoms with van der Waals surface area (Å²) in [6.45, 7) is 2.79. The molecule has 0 N–H and O–H groups in total. The van der Waals surface area contributed by atoms with Crippen LogP contribution in [0.5, 0.6) is 0 Å². The van der Waals surface area contributed by atoms with Gasteiger partial charge in [-0.05, 0) is 19.1 Å². The van der Waals surface area contributed by atoms with Crippen LogP contribution >= 0.6 is 23.5 Å². The van der Waals surface area contributed by atoms with E-state index < -0.39 is 0 Å². The van der Waals surface area contributed by atoms with Crippen LogP contribution in [-0.4, -0.2) is 33.7 Å². The van der Waals surface area contributed by atoms with Crippen LogP contribution in [-0.2, 0) is 9.59 Å². The Morgan fingerprint density at radius 1 is 1.30 bits per heavy atom. The van der Waals surface area contributed by atoms with Crippen molar-refractivity contribution in [1.82, 2.24) is 0 Å². The first-order chi connectivity index (χ1) is 9.65. The van der Waals surface area contributed by atoms with Gasteiger partial charge in [0.15, 0.2) is 0 Å². The number of nitrogens with zero attached hydrogens (tertiary/aromatic N) is 2. The van der Waals surface area contributed by atoms with Crippen LogP contribution in [0, 0.1) is 6.92 Å². The van der Waals surface area contributed by atoms with Crippen molar-refractivity contribution in [3.8, 4) is 0 Å². The van der Waals surface area contributed by atoms with Gasteiger partial charge < -0.3 is 0 Å². The molecule has 1 fully saturated rings. The molecule has 4 nitrogen and oxygen atoms in total. The molecule has 104 valence electrons. The minimum atomic E-state index is -0.326. The fraction of sp³-hybridized carbons (Fsp3) is 0.357. The van der Waals surface area contributed by atoms with Gasteiger partial charge in [-0.1, -0.05) is 41.2 Å². The molecule has 0 aliphatic carbocycles. The number of thioether (sulfide) groups is 2. The van der Waals surface area contributed by atoms with Gasteiger partial charge in [-0.15, -0.1) is 0 Å². The van der Waals surface area contributed by atoms with E-state index in [9.17, 15) is 9.59 Å². The molecule has 0 radical (unpaired) electrons. The van der Waals surface area contributed by atoms with Crippen LogP contribution < -0.4 is 4.90 Å². The highest BCUT2D eigenvalue weighted by atomic mass is 32.2. The maximum atomic E-state index is 12.4. The molecule has 0 bridgehead atoms. The summed E-state index contributed by atoms with van der Waals surface area (Å²) in [5.74, 6) is 0.720. The average molecular weight is 306 g/mol. The van der Waals surface area contributed by atoms with E-state index in [2.05, 4.69) is 4.99 Å². The van der Waals surface area contributed by atoms with Gasteiger partial charge in [-0.2, -0.15) is 0 Å². The van der Waals surface area contributed by atoms with Gasteiger partial charge in [-0.25, -0.2) is 4.90 Å². The smallest absolute Gasteiger partial charge is 0.247 e. The lowest BCUT2D eigenvalue weighted by Crippen LogP contribution is -2.31. The highest BCUT2D eigenvalue weighted by Gasteiger charge is 2.40. The topological polar surface area (TPSA) is 49.7 Å². The zero-order valence-electron chi connectivity index (χ0n) is 11.0. The van der Waals surface area contributed by atoms with Crippen molar-refractivity contribution in [3.05, 3.63) is 29.8 Å². The second-order valence-corrected chi connectivity index (χ2v) is 7.24. The summed E-state index contributed by atoms with van der Waals surface area (Å²) >= 11 is 3.09. The number of hydrogen-bond donors (Lipinski definition) is 0. The molecule has 1 aromatic carbocycles. The Kier molecular flexibility index (Phi) is 3.85. The number of carbonyl (C=O) groups is 2. The molecule has 1 saturated heterocycles. The van der Waals surface area contributed by atoms with Crippen LogP contribution in [0.4, 0.5) is 5.69 Å². The highest BCUT2D eigenvalue weighted by Crippen LogP contribution is 2.34. The van der Waals surface area contributed by atoms with Crippen molar-refractivity contribution >= 4 is 45.4 Å². The van der Waals surface area contributed by atoms with E-state index in [1.54, 1.807) is 11.8 Å². The number of carbonyl (C=O) groups excluding carboxylic acids is 2. The lowest BCUT2D eigenvalue weighted by molar-refractivity contribution is -0.121. The molecule has 1 atom stereocenters. The van der Waals surface area contributed by atoms with E-state index >= 15 is 0 Å². The molecule has 2 aliphatic rings. The summed E-state index contributed by atoms with van der Waals surface area (Å²) in [7, 11) is 0. The largest absolute Gasteiger partial charge is 0.274 e. The molecule has 1 aromatic rings. The van der Waals surface area contributed by atoms with Gasteiger partial charge in [0.25, 0.3) is 0 Å². The van der Waals surface area contributed by atoms with Crippen LogP contribution in [0.15, 0.2) is 29.3 Å². The van der Waals surface area contributed by atoms with Crippen molar-refractivity contribution < 1.29 is 9.59 Å². The minimum absolute atomic E-state index is 0.125. The van der Waals surface area contributed by atoms with Crippen LogP contribution in [0.2, 0.25) is 0 Å². The molecule has 0 unspecified atom stereocenters. The van der Waals surface area contributed by atoms with Gasteiger partial charge in [-0.3, -0.25) is 14.6 Å². The molecule has 0 aromatic heterocycles. The summed E-state index contributed by atoms with van der Waals surface area (Å²) in [6.07, 6.45) is 0.261. The highest BCUT2D eigenvalue weighted by molar-refractivity contribution is 8.39. The first-order valence-electron chi connectivity index (χ1n) is 6.42. The van der Waals surface area contributed by atoms with E-state index in [0.29, 0.717) is 5.69 Å². The molecule has 0 spiro atoms. The molecule has 3 rings (SSSR count). The zero-order chi connectivity index (χ0) is 14.1. The van der Waals surface area contributed by atoms with E-state index in [1.165, 1.54) is 16.7 Å². The molecular formula is C14H14N2O2S2. The Hall–Kier alpha value is -1.27. The summed E-state index contributed by atoms with van der Waals surface area (Å²) < 4.78 is 0.932. The molecule has 2 amide bonds.